The molecule has 3 rings (SSSR count). The lowest BCUT2D eigenvalue weighted by atomic mass is 9.85. The number of amides is 1. The van der Waals surface area contributed by atoms with Crippen LogP contribution in [0.15, 0.2) is 30.9 Å². The van der Waals surface area contributed by atoms with Crippen LogP contribution >= 0.6 is 0 Å². The van der Waals surface area contributed by atoms with Crippen LogP contribution in [-0.2, 0) is 4.79 Å². The first-order valence-corrected chi connectivity index (χ1v) is 8.05. The summed E-state index contributed by atoms with van der Waals surface area (Å²) in [6.45, 7) is 4.26. The highest BCUT2D eigenvalue weighted by Crippen LogP contribution is 2.23. The zero-order chi connectivity index (χ0) is 16.1. The van der Waals surface area contributed by atoms with Gasteiger partial charge in [0.2, 0.25) is 11.9 Å². The molecule has 2 aromatic heterocycles. The van der Waals surface area contributed by atoms with Gasteiger partial charge >= 0.3 is 0 Å². The topological polar surface area (TPSA) is 84.7 Å². The standard InChI is InChI=1S/C16H22N6O/c1-12(13-4-2-5-17-9-13)8-15(23)21-14-10-20-22(11-14)16-18-6-3-7-19-16/h3,6-7,10-13,17H,2,4-5,8-9H2,1H3,(H,21,23). The lowest BCUT2D eigenvalue weighted by Gasteiger charge is -2.27. The molecule has 0 saturated carbocycles. The van der Waals surface area contributed by atoms with E-state index in [1.54, 1.807) is 35.5 Å². The summed E-state index contributed by atoms with van der Waals surface area (Å²) >= 11 is 0. The quantitative estimate of drug-likeness (QED) is 0.876. The number of nitrogens with one attached hydrogen (secondary N) is 2. The predicted molar refractivity (Wildman–Crippen MR) is 87.2 cm³/mol. The Labute approximate surface area is 135 Å². The van der Waals surface area contributed by atoms with E-state index in [1.807, 2.05) is 0 Å². The van der Waals surface area contributed by atoms with Crippen molar-refractivity contribution in [2.45, 2.75) is 26.2 Å². The fourth-order valence-corrected chi connectivity index (χ4v) is 2.94. The molecule has 0 radical (unpaired) electrons. The maximum atomic E-state index is 12.2. The van der Waals surface area contributed by atoms with Gasteiger partial charge in [0.05, 0.1) is 18.1 Å². The van der Waals surface area contributed by atoms with Gasteiger partial charge in [-0.1, -0.05) is 6.92 Å². The summed E-state index contributed by atoms with van der Waals surface area (Å²) in [4.78, 5) is 20.5. The normalized spacial score (nSPS) is 19.3. The van der Waals surface area contributed by atoms with Crippen LogP contribution in [0.25, 0.3) is 5.95 Å². The molecule has 1 aliphatic rings. The maximum Gasteiger partial charge on any atom is 0.250 e. The van der Waals surface area contributed by atoms with Gasteiger partial charge in [0.25, 0.3) is 0 Å². The monoisotopic (exact) mass is 314 g/mol. The Morgan fingerprint density at radius 3 is 3.04 bits per heavy atom. The second-order valence-corrected chi connectivity index (χ2v) is 6.06. The minimum Gasteiger partial charge on any atom is -0.323 e. The number of aromatic nitrogens is 4. The van der Waals surface area contributed by atoms with E-state index < -0.39 is 0 Å². The molecule has 1 saturated heterocycles. The fourth-order valence-electron chi connectivity index (χ4n) is 2.94. The first-order chi connectivity index (χ1) is 11.2. The van der Waals surface area contributed by atoms with Crippen molar-refractivity contribution in [1.29, 1.82) is 0 Å². The summed E-state index contributed by atoms with van der Waals surface area (Å²) in [6.07, 6.45) is 9.57. The Hall–Kier alpha value is -2.28. The SMILES string of the molecule is CC(CC(=O)Nc1cnn(-c2ncccn2)c1)C1CCCNC1. The van der Waals surface area contributed by atoms with E-state index in [4.69, 9.17) is 0 Å². The van der Waals surface area contributed by atoms with Gasteiger partial charge in [-0.05, 0) is 43.8 Å². The molecule has 0 aromatic carbocycles. The van der Waals surface area contributed by atoms with Gasteiger partial charge in [-0.2, -0.15) is 5.10 Å². The average molecular weight is 314 g/mol. The Bertz CT molecular complexity index is 635. The number of nitrogens with zero attached hydrogens (tertiary/aromatic N) is 4. The third-order valence-electron chi connectivity index (χ3n) is 4.27. The summed E-state index contributed by atoms with van der Waals surface area (Å²) in [5.41, 5.74) is 0.663. The molecule has 2 aromatic rings. The molecule has 0 aliphatic carbocycles. The van der Waals surface area contributed by atoms with Crippen molar-refractivity contribution < 1.29 is 4.79 Å². The van der Waals surface area contributed by atoms with Crippen LogP contribution in [-0.4, -0.2) is 38.7 Å². The Morgan fingerprint density at radius 1 is 1.48 bits per heavy atom. The first kappa shape index (κ1) is 15.6. The molecule has 1 aliphatic heterocycles. The molecule has 2 atom stereocenters. The van der Waals surface area contributed by atoms with Gasteiger partial charge in [0.15, 0.2) is 0 Å². The van der Waals surface area contributed by atoms with Crippen molar-refractivity contribution in [2.75, 3.05) is 18.4 Å². The smallest absolute Gasteiger partial charge is 0.250 e. The van der Waals surface area contributed by atoms with Crippen LogP contribution in [0.5, 0.6) is 0 Å². The summed E-state index contributed by atoms with van der Waals surface area (Å²) in [5, 5.41) is 10.5. The molecule has 122 valence electrons. The van der Waals surface area contributed by atoms with Crippen LogP contribution in [0.4, 0.5) is 5.69 Å². The summed E-state index contributed by atoms with van der Waals surface area (Å²) in [5.74, 6) is 1.46. The maximum absolute atomic E-state index is 12.2. The van der Waals surface area contributed by atoms with Crippen molar-refractivity contribution in [3.63, 3.8) is 0 Å². The van der Waals surface area contributed by atoms with Crippen LogP contribution in [0.1, 0.15) is 26.2 Å². The molecule has 0 bridgehead atoms. The number of carbonyl (C=O) groups is 1. The van der Waals surface area contributed by atoms with Crippen molar-refractivity contribution in [2.24, 2.45) is 11.8 Å². The van der Waals surface area contributed by atoms with Gasteiger partial charge in [-0.25, -0.2) is 14.6 Å². The summed E-state index contributed by atoms with van der Waals surface area (Å²) in [6, 6.07) is 1.75. The molecule has 7 nitrogen and oxygen atoms in total. The van der Waals surface area contributed by atoms with Crippen LogP contribution in [0, 0.1) is 11.8 Å². The molecule has 23 heavy (non-hydrogen) atoms. The van der Waals surface area contributed by atoms with E-state index in [0.29, 0.717) is 29.9 Å². The molecular formula is C16H22N6O. The van der Waals surface area contributed by atoms with Crippen LogP contribution < -0.4 is 10.6 Å². The molecule has 2 unspecified atom stereocenters. The van der Waals surface area contributed by atoms with E-state index in [-0.39, 0.29) is 5.91 Å². The number of rotatable bonds is 5. The van der Waals surface area contributed by atoms with Gasteiger partial charge < -0.3 is 10.6 Å². The first-order valence-electron chi connectivity index (χ1n) is 8.05. The molecule has 2 N–H and O–H groups in total. The molecule has 1 fully saturated rings. The van der Waals surface area contributed by atoms with Crippen molar-refractivity contribution in [1.82, 2.24) is 25.1 Å². The number of carbonyl (C=O) groups excluding carboxylic acids is 1. The molecule has 7 heteroatoms. The zero-order valence-electron chi connectivity index (χ0n) is 13.3. The highest BCUT2D eigenvalue weighted by atomic mass is 16.1. The van der Waals surface area contributed by atoms with E-state index >= 15 is 0 Å². The Morgan fingerprint density at radius 2 is 2.30 bits per heavy atom. The van der Waals surface area contributed by atoms with Gasteiger partial charge in [0, 0.05) is 18.8 Å². The number of piperidine rings is 1. The zero-order valence-corrected chi connectivity index (χ0v) is 13.3. The number of anilines is 1. The highest BCUT2D eigenvalue weighted by Gasteiger charge is 2.22. The van der Waals surface area contributed by atoms with Crippen molar-refractivity contribution in [3.05, 3.63) is 30.9 Å². The second-order valence-electron chi connectivity index (χ2n) is 6.06. The third-order valence-corrected chi connectivity index (χ3v) is 4.27. The van der Waals surface area contributed by atoms with Gasteiger partial charge in [0.1, 0.15) is 0 Å². The van der Waals surface area contributed by atoms with Crippen molar-refractivity contribution >= 4 is 11.6 Å². The van der Waals surface area contributed by atoms with E-state index in [1.165, 1.54) is 12.8 Å². The predicted octanol–water partition coefficient (Wildman–Crippen LogP) is 1.63. The Kier molecular flexibility index (Phi) is 4.97. The molecule has 1 amide bonds. The number of hydrogen-bond acceptors (Lipinski definition) is 5. The third kappa shape index (κ3) is 4.13. The minimum atomic E-state index is 0.0246. The summed E-state index contributed by atoms with van der Waals surface area (Å²) < 4.78 is 1.55. The largest absolute Gasteiger partial charge is 0.323 e. The van der Waals surface area contributed by atoms with E-state index in [2.05, 4.69) is 32.6 Å². The fraction of sp³-hybridized carbons (Fsp3) is 0.500. The Balaban J connectivity index is 1.55. The molecule has 3 heterocycles. The average Bonchev–Trinajstić information content (AvgIpc) is 3.04. The van der Waals surface area contributed by atoms with Gasteiger partial charge in [-0.15, -0.1) is 0 Å². The minimum absolute atomic E-state index is 0.0246. The summed E-state index contributed by atoms with van der Waals surface area (Å²) in [7, 11) is 0. The van der Waals surface area contributed by atoms with E-state index in [9.17, 15) is 4.79 Å². The molecular weight excluding hydrogens is 292 g/mol. The number of hydrogen-bond donors (Lipinski definition) is 2. The second kappa shape index (κ2) is 7.32. The van der Waals surface area contributed by atoms with E-state index in [0.717, 1.165) is 13.1 Å². The van der Waals surface area contributed by atoms with Gasteiger partial charge in [-0.3, -0.25) is 4.79 Å². The highest BCUT2D eigenvalue weighted by molar-refractivity contribution is 5.90. The van der Waals surface area contributed by atoms with Crippen LogP contribution in [0.3, 0.4) is 0 Å². The lowest BCUT2D eigenvalue weighted by Crippen LogP contribution is -2.34. The van der Waals surface area contributed by atoms with Crippen molar-refractivity contribution in [3.8, 4) is 5.95 Å². The molecule has 0 spiro atoms. The van der Waals surface area contributed by atoms with Crippen LogP contribution in [0.2, 0.25) is 0 Å². The lowest BCUT2D eigenvalue weighted by molar-refractivity contribution is -0.117.